The summed E-state index contributed by atoms with van der Waals surface area (Å²) in [6.07, 6.45) is 0. The van der Waals surface area contributed by atoms with Crippen LogP contribution in [-0.4, -0.2) is 19.5 Å². The lowest BCUT2D eigenvalue weighted by molar-refractivity contribution is 0.668. The first kappa shape index (κ1) is 36.9. The molecule has 0 unspecified atom stereocenters. The number of aromatic nitrogens is 4. The Morgan fingerprint density at radius 2 is 0.809 bits per heavy atom. The van der Waals surface area contributed by atoms with Gasteiger partial charge >= 0.3 is 0 Å². The predicted molar refractivity (Wildman–Crippen MR) is 275 cm³/mol. The van der Waals surface area contributed by atoms with Gasteiger partial charge in [-0.15, -0.1) is 0 Å². The smallest absolute Gasteiger partial charge is 0.164 e. The van der Waals surface area contributed by atoms with Crippen LogP contribution in [0, 0.1) is 0 Å². The van der Waals surface area contributed by atoms with E-state index in [0.717, 1.165) is 110 Å². The number of furan rings is 3. The lowest BCUT2D eigenvalue weighted by Crippen LogP contribution is -2.02. The third-order valence-corrected chi connectivity index (χ3v) is 13.7. The molecule has 0 aliphatic heterocycles. The van der Waals surface area contributed by atoms with Gasteiger partial charge in [0.15, 0.2) is 17.5 Å². The number of para-hydroxylation sites is 4. The number of rotatable bonds is 5. The molecular weight excluding hydrogens is 837 g/mol. The van der Waals surface area contributed by atoms with E-state index in [1.807, 2.05) is 72.8 Å². The van der Waals surface area contributed by atoms with Crippen molar-refractivity contribution in [3.8, 4) is 51.0 Å². The topological polar surface area (TPSA) is 83.0 Å². The van der Waals surface area contributed by atoms with E-state index >= 15 is 0 Å². The summed E-state index contributed by atoms with van der Waals surface area (Å²) < 4.78 is 21.7. The summed E-state index contributed by atoms with van der Waals surface area (Å²) in [5, 5.41) is 10.8. The van der Waals surface area contributed by atoms with E-state index in [9.17, 15) is 0 Å². The molecule has 0 N–H and O–H groups in total. The van der Waals surface area contributed by atoms with Gasteiger partial charge in [0.2, 0.25) is 0 Å². The van der Waals surface area contributed by atoms with Gasteiger partial charge in [-0.05, 0) is 101 Å². The summed E-state index contributed by atoms with van der Waals surface area (Å²) in [5.41, 5.74) is 12.5. The molecular formula is C61H34N4O3. The molecule has 0 bridgehead atoms. The van der Waals surface area contributed by atoms with Gasteiger partial charge < -0.3 is 17.8 Å². The van der Waals surface area contributed by atoms with Crippen LogP contribution < -0.4 is 0 Å². The van der Waals surface area contributed by atoms with Crippen molar-refractivity contribution in [2.75, 3.05) is 0 Å². The number of nitrogens with zero attached hydrogens (tertiary/aromatic N) is 4. The molecule has 0 atom stereocenters. The third kappa shape index (κ3) is 5.44. The zero-order chi connectivity index (χ0) is 44.5. The molecule has 15 rings (SSSR count). The fraction of sp³-hybridized carbons (Fsp3) is 0. The van der Waals surface area contributed by atoms with E-state index in [4.69, 9.17) is 28.2 Å². The van der Waals surface area contributed by atoms with Crippen molar-refractivity contribution in [2.24, 2.45) is 0 Å². The Morgan fingerprint density at radius 1 is 0.294 bits per heavy atom. The first-order chi connectivity index (χ1) is 33.7. The van der Waals surface area contributed by atoms with Crippen LogP contribution in [0.3, 0.4) is 0 Å². The maximum Gasteiger partial charge on any atom is 0.164 e. The van der Waals surface area contributed by atoms with Crippen molar-refractivity contribution in [3.05, 3.63) is 206 Å². The molecule has 0 radical (unpaired) electrons. The molecule has 7 nitrogen and oxygen atoms in total. The molecule has 68 heavy (non-hydrogen) atoms. The summed E-state index contributed by atoms with van der Waals surface area (Å²) in [7, 11) is 0. The number of benzene rings is 10. The summed E-state index contributed by atoms with van der Waals surface area (Å²) in [5.74, 6) is 1.59. The summed E-state index contributed by atoms with van der Waals surface area (Å²) >= 11 is 0. The molecule has 0 saturated heterocycles. The minimum atomic E-state index is 0.527. The minimum Gasteiger partial charge on any atom is -0.456 e. The van der Waals surface area contributed by atoms with Crippen molar-refractivity contribution in [2.45, 2.75) is 0 Å². The lowest BCUT2D eigenvalue weighted by atomic mass is 9.96. The average Bonchev–Trinajstić information content (AvgIpc) is 4.16. The Bertz CT molecular complexity index is 4460. The monoisotopic (exact) mass is 870 g/mol. The summed E-state index contributed by atoms with van der Waals surface area (Å²) in [6, 6.07) is 71.6. The van der Waals surface area contributed by atoms with E-state index in [-0.39, 0.29) is 0 Å². The van der Waals surface area contributed by atoms with Gasteiger partial charge in [-0.3, -0.25) is 0 Å². The highest BCUT2D eigenvalue weighted by Crippen LogP contribution is 2.43. The highest BCUT2D eigenvalue weighted by Gasteiger charge is 2.23. The van der Waals surface area contributed by atoms with Crippen molar-refractivity contribution < 1.29 is 13.3 Å². The standard InChI is InChI=1S/C61H34N4O3/c1-2-14-36-32-50-48(31-35(36)13-1)39-15-3-7-21-49(39)65(50)38-28-30-42(47(34-38)37-27-29-41-40-16-4-8-22-51(40)68-56(41)33-37)59-62-60(45-19-11-25-54-57(45)43-17-5-9-23-52(43)66-54)64-61(63-59)46-20-12-26-55-58(46)44-18-6-10-24-53(44)67-55/h1-34H. The SMILES string of the molecule is c1ccc2cc3c(cc2c1)c1ccccc1n3-c1ccc(-c2nc(-c3cccc4oc5ccccc5c34)nc(-c3cccc4oc5ccccc5c34)n2)c(-c2ccc3c(c2)oc2ccccc23)c1. The first-order valence-electron chi connectivity index (χ1n) is 22.7. The van der Waals surface area contributed by atoms with Gasteiger partial charge in [0.05, 0.1) is 11.0 Å². The van der Waals surface area contributed by atoms with Crippen LogP contribution in [0.5, 0.6) is 0 Å². The number of fused-ring (bicyclic) bond motifs is 13. The quantitative estimate of drug-likeness (QED) is 0.171. The normalized spacial score (nSPS) is 12.1. The van der Waals surface area contributed by atoms with Crippen LogP contribution in [0.4, 0.5) is 0 Å². The maximum atomic E-state index is 6.55. The van der Waals surface area contributed by atoms with Gasteiger partial charge in [-0.1, -0.05) is 127 Å². The van der Waals surface area contributed by atoms with E-state index in [0.29, 0.717) is 17.5 Å². The lowest BCUT2D eigenvalue weighted by Gasteiger charge is -2.16. The molecule has 0 aliphatic carbocycles. The predicted octanol–water partition coefficient (Wildman–Crippen LogP) is 16.5. The van der Waals surface area contributed by atoms with Crippen LogP contribution in [0.25, 0.3) is 149 Å². The molecule has 10 aromatic carbocycles. The molecule has 0 aliphatic rings. The van der Waals surface area contributed by atoms with Gasteiger partial charge in [-0.25, -0.2) is 15.0 Å². The van der Waals surface area contributed by atoms with Crippen molar-refractivity contribution >= 4 is 98.4 Å². The van der Waals surface area contributed by atoms with Crippen LogP contribution in [0.2, 0.25) is 0 Å². The van der Waals surface area contributed by atoms with Crippen LogP contribution >= 0.6 is 0 Å². The highest BCUT2D eigenvalue weighted by molar-refractivity contribution is 6.15. The molecule has 0 spiro atoms. The van der Waals surface area contributed by atoms with Gasteiger partial charge in [-0.2, -0.15) is 0 Å². The zero-order valence-electron chi connectivity index (χ0n) is 36.1. The van der Waals surface area contributed by atoms with E-state index in [2.05, 4.69) is 138 Å². The second kappa shape index (κ2) is 14.1. The number of hydrogen-bond donors (Lipinski definition) is 0. The van der Waals surface area contributed by atoms with Crippen LogP contribution in [0.15, 0.2) is 220 Å². The Kier molecular flexibility index (Phi) is 7.65. The van der Waals surface area contributed by atoms with E-state index < -0.39 is 0 Å². The molecule has 316 valence electrons. The maximum absolute atomic E-state index is 6.55. The molecule has 5 heterocycles. The Labute approximate surface area is 386 Å². The van der Waals surface area contributed by atoms with Gasteiger partial charge in [0.1, 0.15) is 33.5 Å². The van der Waals surface area contributed by atoms with Crippen molar-refractivity contribution in [1.29, 1.82) is 0 Å². The average molecular weight is 871 g/mol. The van der Waals surface area contributed by atoms with E-state index in [1.165, 1.54) is 21.5 Å². The number of hydrogen-bond acceptors (Lipinski definition) is 6. The molecule has 15 aromatic rings. The van der Waals surface area contributed by atoms with Crippen molar-refractivity contribution in [1.82, 2.24) is 19.5 Å². The van der Waals surface area contributed by atoms with Crippen LogP contribution in [-0.2, 0) is 0 Å². The van der Waals surface area contributed by atoms with Gasteiger partial charge in [0.25, 0.3) is 0 Å². The largest absolute Gasteiger partial charge is 0.456 e. The Hall–Kier alpha value is -9.33. The second-order valence-corrected chi connectivity index (χ2v) is 17.5. The van der Waals surface area contributed by atoms with Crippen molar-refractivity contribution in [3.63, 3.8) is 0 Å². The minimum absolute atomic E-state index is 0.527. The second-order valence-electron chi connectivity index (χ2n) is 17.5. The fourth-order valence-electron chi connectivity index (χ4n) is 10.6. The summed E-state index contributed by atoms with van der Waals surface area (Å²) in [6.45, 7) is 0. The Morgan fingerprint density at radius 3 is 1.49 bits per heavy atom. The first-order valence-corrected chi connectivity index (χ1v) is 22.7. The highest BCUT2D eigenvalue weighted by atomic mass is 16.3. The summed E-state index contributed by atoms with van der Waals surface area (Å²) in [4.78, 5) is 16.3. The molecule has 0 saturated carbocycles. The molecule has 5 aromatic heterocycles. The third-order valence-electron chi connectivity index (χ3n) is 13.7. The molecule has 0 amide bonds. The zero-order valence-corrected chi connectivity index (χ0v) is 36.1. The van der Waals surface area contributed by atoms with Crippen LogP contribution in [0.1, 0.15) is 0 Å². The molecule has 7 heteroatoms. The van der Waals surface area contributed by atoms with E-state index in [1.54, 1.807) is 0 Å². The van der Waals surface area contributed by atoms with Gasteiger partial charge in [0, 0.05) is 65.5 Å². The fourth-order valence-corrected chi connectivity index (χ4v) is 10.6. The Balaban J connectivity index is 1.03. The molecule has 0 fully saturated rings.